The molecule has 0 radical (unpaired) electrons. The minimum absolute atomic E-state index is 0.0235. The smallest absolute Gasteiger partial charge is 0.251 e. The molecule has 0 aliphatic rings. The lowest BCUT2D eigenvalue weighted by molar-refractivity contribution is 0.0867. The van der Waals surface area contributed by atoms with Crippen molar-refractivity contribution in [1.29, 1.82) is 0 Å². The molecule has 0 atom stereocenters. The molecule has 17 heavy (non-hydrogen) atoms. The van der Waals surface area contributed by atoms with E-state index in [0.29, 0.717) is 37.4 Å². The van der Waals surface area contributed by atoms with Crippen LogP contribution in [0.25, 0.3) is 0 Å². The second-order valence-electron chi connectivity index (χ2n) is 3.57. The van der Waals surface area contributed by atoms with E-state index in [1.165, 1.54) is 0 Å². The number of hydrogen-bond acceptors (Lipinski definition) is 4. The van der Waals surface area contributed by atoms with Gasteiger partial charge in [-0.1, -0.05) is 6.07 Å². The molecule has 0 bridgehead atoms. The van der Waals surface area contributed by atoms with Crippen LogP contribution in [0.3, 0.4) is 0 Å². The van der Waals surface area contributed by atoms with Crippen LogP contribution in [0.1, 0.15) is 16.8 Å². The van der Waals surface area contributed by atoms with Gasteiger partial charge in [0.2, 0.25) is 0 Å². The first-order valence-electron chi connectivity index (χ1n) is 5.56. The number of nitrogen functional groups attached to an aromatic ring is 1. The summed E-state index contributed by atoms with van der Waals surface area (Å²) in [6, 6.07) is 6.83. The van der Waals surface area contributed by atoms with Gasteiger partial charge in [-0.05, 0) is 24.6 Å². The molecule has 94 valence electrons. The van der Waals surface area contributed by atoms with Gasteiger partial charge in [0.25, 0.3) is 5.91 Å². The lowest BCUT2D eigenvalue weighted by Crippen LogP contribution is -2.25. The van der Waals surface area contributed by atoms with Crippen molar-refractivity contribution in [2.75, 3.05) is 32.1 Å². The molecule has 0 saturated carbocycles. The van der Waals surface area contributed by atoms with E-state index in [1.54, 1.807) is 24.3 Å². The van der Waals surface area contributed by atoms with Gasteiger partial charge in [-0.2, -0.15) is 0 Å². The van der Waals surface area contributed by atoms with E-state index in [-0.39, 0.29) is 12.5 Å². The van der Waals surface area contributed by atoms with Crippen molar-refractivity contribution < 1.29 is 14.6 Å². The van der Waals surface area contributed by atoms with Gasteiger partial charge < -0.3 is 20.9 Å². The van der Waals surface area contributed by atoms with Gasteiger partial charge in [0.15, 0.2) is 0 Å². The number of nitrogens with two attached hydrogens (primary N) is 1. The quantitative estimate of drug-likeness (QED) is 0.474. The number of nitrogens with one attached hydrogen (secondary N) is 1. The van der Waals surface area contributed by atoms with Crippen molar-refractivity contribution in [3.63, 3.8) is 0 Å². The van der Waals surface area contributed by atoms with Crippen LogP contribution in [0.15, 0.2) is 24.3 Å². The molecule has 1 amide bonds. The summed E-state index contributed by atoms with van der Waals surface area (Å²) in [6.45, 7) is 1.43. The second-order valence-corrected chi connectivity index (χ2v) is 3.57. The average Bonchev–Trinajstić information content (AvgIpc) is 2.33. The third-order valence-corrected chi connectivity index (χ3v) is 2.14. The minimum atomic E-state index is -0.139. The first kappa shape index (κ1) is 13.5. The van der Waals surface area contributed by atoms with E-state index < -0.39 is 0 Å². The van der Waals surface area contributed by atoms with Crippen LogP contribution in [-0.2, 0) is 4.74 Å². The highest BCUT2D eigenvalue weighted by Crippen LogP contribution is 2.05. The van der Waals surface area contributed by atoms with Gasteiger partial charge in [0, 0.05) is 24.4 Å². The van der Waals surface area contributed by atoms with Crippen LogP contribution < -0.4 is 11.1 Å². The Hall–Kier alpha value is -1.59. The number of carbonyl (C=O) groups is 1. The fourth-order valence-electron chi connectivity index (χ4n) is 1.32. The van der Waals surface area contributed by atoms with E-state index in [9.17, 15) is 4.79 Å². The minimum Gasteiger partial charge on any atom is -0.399 e. The number of benzene rings is 1. The molecule has 0 aromatic heterocycles. The fourth-order valence-corrected chi connectivity index (χ4v) is 1.32. The topological polar surface area (TPSA) is 84.6 Å². The summed E-state index contributed by atoms with van der Waals surface area (Å²) in [7, 11) is 0. The largest absolute Gasteiger partial charge is 0.399 e. The molecule has 0 saturated heterocycles. The summed E-state index contributed by atoms with van der Waals surface area (Å²) in [5, 5.41) is 11.2. The molecule has 0 spiro atoms. The van der Waals surface area contributed by atoms with E-state index >= 15 is 0 Å². The predicted octanol–water partition coefficient (Wildman–Crippen LogP) is 0.398. The van der Waals surface area contributed by atoms with Crippen LogP contribution in [0.5, 0.6) is 0 Å². The maximum Gasteiger partial charge on any atom is 0.251 e. The SMILES string of the molecule is Nc1cccc(C(=O)NCCCOCCO)c1. The van der Waals surface area contributed by atoms with Crippen LogP contribution in [0.2, 0.25) is 0 Å². The zero-order valence-corrected chi connectivity index (χ0v) is 9.69. The van der Waals surface area contributed by atoms with Gasteiger partial charge in [-0.25, -0.2) is 0 Å². The highest BCUT2D eigenvalue weighted by atomic mass is 16.5. The Balaban J connectivity index is 2.21. The standard InChI is InChI=1S/C12H18N2O3/c13-11-4-1-3-10(9-11)12(16)14-5-2-7-17-8-6-15/h1,3-4,9,15H,2,5-8,13H2,(H,14,16). The Morgan fingerprint density at radius 1 is 1.41 bits per heavy atom. The van der Waals surface area contributed by atoms with E-state index in [1.807, 2.05) is 0 Å². The van der Waals surface area contributed by atoms with Crippen LogP contribution >= 0.6 is 0 Å². The molecule has 1 aromatic rings. The summed E-state index contributed by atoms with van der Waals surface area (Å²) in [4.78, 5) is 11.6. The Kier molecular flexibility index (Phi) is 6.06. The lowest BCUT2D eigenvalue weighted by Gasteiger charge is -2.06. The van der Waals surface area contributed by atoms with Crippen LogP contribution in [0, 0.1) is 0 Å². The molecular weight excluding hydrogens is 220 g/mol. The third kappa shape index (κ3) is 5.33. The Morgan fingerprint density at radius 3 is 2.94 bits per heavy atom. The Morgan fingerprint density at radius 2 is 2.24 bits per heavy atom. The molecule has 0 aliphatic heterocycles. The van der Waals surface area contributed by atoms with Crippen LogP contribution in [0.4, 0.5) is 5.69 Å². The molecule has 0 fully saturated rings. The number of carbonyl (C=O) groups excluding carboxylic acids is 1. The van der Waals surface area contributed by atoms with Gasteiger partial charge >= 0.3 is 0 Å². The Bertz CT molecular complexity index is 355. The first-order valence-corrected chi connectivity index (χ1v) is 5.56. The van der Waals surface area contributed by atoms with Gasteiger partial charge in [0.05, 0.1) is 13.2 Å². The number of aliphatic hydroxyl groups excluding tert-OH is 1. The Labute approximate surface area is 101 Å². The van der Waals surface area contributed by atoms with Crippen molar-refractivity contribution in [2.45, 2.75) is 6.42 Å². The average molecular weight is 238 g/mol. The monoisotopic (exact) mass is 238 g/mol. The zero-order chi connectivity index (χ0) is 12.5. The molecular formula is C12H18N2O3. The lowest BCUT2D eigenvalue weighted by atomic mass is 10.2. The van der Waals surface area contributed by atoms with Gasteiger partial charge in [-0.3, -0.25) is 4.79 Å². The predicted molar refractivity (Wildman–Crippen MR) is 65.7 cm³/mol. The van der Waals surface area contributed by atoms with E-state index in [0.717, 1.165) is 0 Å². The normalized spacial score (nSPS) is 10.2. The highest BCUT2D eigenvalue weighted by Gasteiger charge is 2.03. The van der Waals surface area contributed by atoms with Gasteiger partial charge in [-0.15, -0.1) is 0 Å². The molecule has 1 aromatic carbocycles. The first-order chi connectivity index (χ1) is 8.24. The molecule has 5 heteroatoms. The number of anilines is 1. The number of hydrogen-bond donors (Lipinski definition) is 3. The second kappa shape index (κ2) is 7.65. The van der Waals surface area contributed by atoms with Crippen molar-refractivity contribution in [2.24, 2.45) is 0 Å². The van der Waals surface area contributed by atoms with Crippen molar-refractivity contribution in [3.8, 4) is 0 Å². The summed E-state index contributed by atoms with van der Waals surface area (Å²) in [5.41, 5.74) is 6.71. The summed E-state index contributed by atoms with van der Waals surface area (Å²) < 4.78 is 5.07. The van der Waals surface area contributed by atoms with Crippen molar-refractivity contribution >= 4 is 11.6 Å². The van der Waals surface area contributed by atoms with Crippen molar-refractivity contribution in [3.05, 3.63) is 29.8 Å². The zero-order valence-electron chi connectivity index (χ0n) is 9.69. The van der Waals surface area contributed by atoms with Gasteiger partial charge in [0.1, 0.15) is 0 Å². The van der Waals surface area contributed by atoms with Crippen LogP contribution in [-0.4, -0.2) is 37.4 Å². The number of ether oxygens (including phenoxy) is 1. The summed E-state index contributed by atoms with van der Waals surface area (Å²) >= 11 is 0. The maximum atomic E-state index is 11.6. The molecule has 0 aliphatic carbocycles. The summed E-state index contributed by atoms with van der Waals surface area (Å²) in [6.07, 6.45) is 0.716. The van der Waals surface area contributed by atoms with E-state index in [2.05, 4.69) is 5.32 Å². The number of aliphatic hydroxyl groups is 1. The number of amides is 1. The fraction of sp³-hybridized carbons (Fsp3) is 0.417. The van der Waals surface area contributed by atoms with Crippen molar-refractivity contribution in [1.82, 2.24) is 5.32 Å². The molecule has 4 N–H and O–H groups in total. The molecule has 0 unspecified atom stereocenters. The molecule has 5 nitrogen and oxygen atoms in total. The maximum absolute atomic E-state index is 11.6. The molecule has 0 heterocycles. The number of rotatable bonds is 7. The van der Waals surface area contributed by atoms with E-state index in [4.69, 9.17) is 15.6 Å². The highest BCUT2D eigenvalue weighted by molar-refractivity contribution is 5.94. The third-order valence-electron chi connectivity index (χ3n) is 2.14. The summed E-state index contributed by atoms with van der Waals surface area (Å²) in [5.74, 6) is -0.139. The molecule has 1 rings (SSSR count).